The molecule has 0 radical (unpaired) electrons. The maximum absolute atomic E-state index is 14.5. The fourth-order valence-electron chi connectivity index (χ4n) is 5.46. The molecule has 1 aliphatic heterocycles. The highest BCUT2D eigenvalue weighted by molar-refractivity contribution is 7.91. The van der Waals surface area contributed by atoms with Crippen LogP contribution in [0.15, 0.2) is 54.7 Å². The topological polar surface area (TPSA) is 166 Å². The first-order chi connectivity index (χ1) is 22.4. The fraction of sp³-hybridized carbons (Fsp3) is 0.406. The number of alkyl halides is 3. The summed E-state index contributed by atoms with van der Waals surface area (Å²) in [5.41, 5.74) is 3.74. The second-order valence-electron chi connectivity index (χ2n) is 11.8. The van der Waals surface area contributed by atoms with Gasteiger partial charge in [-0.25, -0.2) is 13.2 Å². The summed E-state index contributed by atoms with van der Waals surface area (Å²) in [7, 11) is -2.03. The zero-order chi connectivity index (χ0) is 35.6. The van der Waals surface area contributed by atoms with E-state index in [2.05, 4.69) is 15.6 Å². The van der Waals surface area contributed by atoms with Gasteiger partial charge in [-0.2, -0.15) is 13.2 Å². The summed E-state index contributed by atoms with van der Waals surface area (Å²) in [4.78, 5) is 57.6. The molecule has 2 aliphatic rings. The van der Waals surface area contributed by atoms with Crippen molar-refractivity contribution in [2.24, 2.45) is 0 Å². The summed E-state index contributed by atoms with van der Waals surface area (Å²) in [6, 6.07) is 12.2. The van der Waals surface area contributed by atoms with Crippen LogP contribution < -0.4 is 20.4 Å². The number of carbonyl (C=O) groups excluding carboxylic acids is 3. The van der Waals surface area contributed by atoms with Crippen molar-refractivity contribution in [3.05, 3.63) is 65.9 Å². The minimum absolute atomic E-state index is 0.194. The second-order valence-corrected chi connectivity index (χ2v) is 13.9. The Morgan fingerprint density at radius 1 is 1.06 bits per heavy atom. The van der Waals surface area contributed by atoms with Crippen LogP contribution in [0.1, 0.15) is 43.7 Å². The van der Waals surface area contributed by atoms with Crippen LogP contribution >= 0.6 is 0 Å². The van der Waals surface area contributed by atoms with Crippen molar-refractivity contribution in [3.8, 4) is 0 Å². The molecule has 12 nitrogen and oxygen atoms in total. The number of carboxylic acids is 1. The number of aromatic nitrogens is 1. The summed E-state index contributed by atoms with van der Waals surface area (Å²) < 4.78 is 56.1. The first-order valence-corrected chi connectivity index (χ1v) is 17.0. The molecule has 16 heteroatoms. The number of fused-ring (bicyclic) bond motifs is 2. The molecule has 2 heterocycles. The van der Waals surface area contributed by atoms with Crippen LogP contribution in [-0.4, -0.2) is 85.6 Å². The highest BCUT2D eigenvalue weighted by Gasteiger charge is 2.43. The molecule has 0 spiro atoms. The Balaban J connectivity index is 0.000000671. The first-order valence-electron chi connectivity index (χ1n) is 15.0. The minimum atomic E-state index is -5.08. The number of nitrogens with zero attached hydrogens (tertiary/aromatic N) is 3. The van der Waals surface area contributed by atoms with Crippen molar-refractivity contribution >= 4 is 55.8 Å². The van der Waals surface area contributed by atoms with E-state index in [-0.39, 0.29) is 12.5 Å². The summed E-state index contributed by atoms with van der Waals surface area (Å²) in [5.74, 6) is -4.60. The van der Waals surface area contributed by atoms with E-state index in [0.717, 1.165) is 41.1 Å². The molecule has 3 amide bonds. The number of sulfone groups is 1. The Bertz CT molecular complexity index is 1830. The average Bonchev–Trinajstić information content (AvgIpc) is 3.86. The molecule has 2 aromatic carbocycles. The van der Waals surface area contributed by atoms with Crippen LogP contribution in [0.2, 0.25) is 0 Å². The fourth-order valence-corrected chi connectivity index (χ4v) is 6.05. The van der Waals surface area contributed by atoms with Crippen molar-refractivity contribution in [1.82, 2.24) is 15.6 Å². The number of amides is 3. The Hall–Kier alpha value is -4.57. The summed E-state index contributed by atoms with van der Waals surface area (Å²) >= 11 is 0. The monoisotopic (exact) mass is 691 g/mol. The number of anilines is 2. The van der Waals surface area contributed by atoms with Gasteiger partial charge in [-0.1, -0.05) is 30.3 Å². The SMILES string of the molecule is CN[C@@H](C)C(=O)N[C@@H]1C(=O)N(Cc2c(C3CC3)cnc3ccccc23)c2ccccc2N(C(=O)CS(C)(=O)=O)[C@H]1C.O=C(O)C(F)(F)F. The van der Waals surface area contributed by atoms with E-state index in [4.69, 9.17) is 9.90 Å². The number of carboxylic acid groups (broad SMARTS) is 1. The lowest BCUT2D eigenvalue weighted by atomic mass is 9.99. The molecular weight excluding hydrogens is 655 g/mol. The van der Waals surface area contributed by atoms with E-state index in [0.29, 0.717) is 17.3 Å². The molecule has 3 atom stereocenters. The van der Waals surface area contributed by atoms with Gasteiger partial charge in [0.05, 0.1) is 35.5 Å². The van der Waals surface area contributed by atoms with E-state index >= 15 is 0 Å². The van der Waals surface area contributed by atoms with Gasteiger partial charge in [0.15, 0.2) is 9.84 Å². The Morgan fingerprint density at radius 3 is 2.21 bits per heavy atom. The van der Waals surface area contributed by atoms with E-state index < -0.39 is 57.7 Å². The number of carbonyl (C=O) groups is 4. The van der Waals surface area contributed by atoms with Gasteiger partial charge >= 0.3 is 12.1 Å². The zero-order valence-electron chi connectivity index (χ0n) is 26.6. The van der Waals surface area contributed by atoms with Gasteiger partial charge in [-0.05, 0) is 69.0 Å². The molecule has 258 valence electrons. The van der Waals surface area contributed by atoms with Gasteiger partial charge in [0.1, 0.15) is 11.8 Å². The van der Waals surface area contributed by atoms with Crippen molar-refractivity contribution in [2.45, 2.75) is 63.5 Å². The van der Waals surface area contributed by atoms with Crippen LogP contribution in [0.5, 0.6) is 0 Å². The number of para-hydroxylation sites is 3. The van der Waals surface area contributed by atoms with Gasteiger partial charge in [0, 0.05) is 17.8 Å². The summed E-state index contributed by atoms with van der Waals surface area (Å²) in [6.07, 6.45) is -0.105. The molecule has 0 unspecified atom stereocenters. The van der Waals surface area contributed by atoms with Crippen LogP contribution in [0.3, 0.4) is 0 Å². The first kappa shape index (κ1) is 36.3. The number of likely N-dealkylation sites (N-methyl/N-ethyl adjacent to an activating group) is 1. The highest BCUT2D eigenvalue weighted by atomic mass is 32.2. The van der Waals surface area contributed by atoms with Crippen molar-refractivity contribution in [3.63, 3.8) is 0 Å². The molecular formula is C32H36F3N5O7S. The third kappa shape index (κ3) is 8.28. The second kappa shape index (κ2) is 14.3. The number of rotatable bonds is 8. The lowest BCUT2D eigenvalue weighted by molar-refractivity contribution is -0.192. The van der Waals surface area contributed by atoms with Gasteiger partial charge < -0.3 is 25.5 Å². The largest absolute Gasteiger partial charge is 0.490 e. The van der Waals surface area contributed by atoms with E-state index in [9.17, 15) is 36.0 Å². The number of hydrogen-bond donors (Lipinski definition) is 3. The van der Waals surface area contributed by atoms with Crippen LogP contribution in [0.25, 0.3) is 10.9 Å². The maximum Gasteiger partial charge on any atom is 0.490 e. The molecule has 1 saturated carbocycles. The molecule has 48 heavy (non-hydrogen) atoms. The van der Waals surface area contributed by atoms with E-state index in [1.165, 1.54) is 4.90 Å². The number of hydrogen-bond acceptors (Lipinski definition) is 8. The Labute approximate surface area is 275 Å². The molecule has 0 saturated heterocycles. The molecule has 1 aliphatic carbocycles. The van der Waals surface area contributed by atoms with Gasteiger partial charge in [0.2, 0.25) is 11.8 Å². The number of aliphatic carboxylic acids is 1. The molecule has 1 aromatic heterocycles. The number of benzene rings is 2. The highest BCUT2D eigenvalue weighted by Crippen LogP contribution is 2.44. The standard InChI is InChI=1S/C30H35N5O5S.C2HF3O2/c1-18(31-3)29(37)33-28-19(2)35(27(36)17-41(4,39)40)26-12-8-7-11-25(26)34(30(28)38)16-23-21-9-5-6-10-24(21)32-15-22(23)20-13-14-20;3-2(4,5)1(6)7/h5-12,15,18-20,28,31H,13-14,16-17H2,1-4H3,(H,33,37);(H,6,7)/t18-,19-,28-;/m0./s1. The van der Waals surface area contributed by atoms with Gasteiger partial charge in [-0.15, -0.1) is 0 Å². The van der Waals surface area contributed by atoms with Gasteiger partial charge in [-0.3, -0.25) is 19.4 Å². The third-order valence-electron chi connectivity index (χ3n) is 8.13. The number of halogens is 3. The lowest BCUT2D eigenvalue weighted by Gasteiger charge is -2.32. The van der Waals surface area contributed by atoms with Crippen LogP contribution in [0.4, 0.5) is 24.5 Å². The summed E-state index contributed by atoms with van der Waals surface area (Å²) in [6.45, 7) is 3.52. The van der Waals surface area contributed by atoms with E-state index in [1.807, 2.05) is 30.5 Å². The quantitative estimate of drug-likeness (QED) is 0.322. The maximum atomic E-state index is 14.5. The van der Waals surface area contributed by atoms with Gasteiger partial charge in [0.25, 0.3) is 5.91 Å². The van der Waals surface area contributed by atoms with Crippen molar-refractivity contribution < 1.29 is 45.9 Å². The number of nitrogens with one attached hydrogen (secondary N) is 2. The Kier molecular flexibility index (Phi) is 10.8. The normalized spacial score (nSPS) is 18.7. The molecule has 3 N–H and O–H groups in total. The summed E-state index contributed by atoms with van der Waals surface area (Å²) in [5, 5.41) is 13.8. The van der Waals surface area contributed by atoms with E-state index in [1.54, 1.807) is 50.1 Å². The van der Waals surface area contributed by atoms with Crippen molar-refractivity contribution in [1.29, 1.82) is 0 Å². The smallest absolute Gasteiger partial charge is 0.475 e. The Morgan fingerprint density at radius 2 is 1.65 bits per heavy atom. The number of pyridine rings is 1. The predicted molar refractivity (Wildman–Crippen MR) is 172 cm³/mol. The predicted octanol–water partition coefficient (Wildman–Crippen LogP) is 3.15. The zero-order valence-corrected chi connectivity index (χ0v) is 27.4. The van der Waals surface area contributed by atoms with Crippen molar-refractivity contribution in [2.75, 3.05) is 28.9 Å². The van der Waals surface area contributed by atoms with Crippen LogP contribution in [0, 0.1) is 0 Å². The molecule has 3 aromatic rings. The average molecular weight is 692 g/mol. The van der Waals surface area contributed by atoms with Crippen LogP contribution in [-0.2, 0) is 35.6 Å². The lowest BCUT2D eigenvalue weighted by Crippen LogP contribution is -2.60. The molecule has 0 bridgehead atoms. The molecule has 5 rings (SSSR count). The minimum Gasteiger partial charge on any atom is -0.475 e. The third-order valence-corrected chi connectivity index (χ3v) is 8.90. The molecule has 1 fully saturated rings.